The predicted molar refractivity (Wildman–Crippen MR) is 76.7 cm³/mol. The van der Waals surface area contributed by atoms with Crippen LogP contribution in [0.4, 0.5) is 0 Å². The lowest BCUT2D eigenvalue weighted by atomic mass is 10.1. The van der Waals surface area contributed by atoms with Crippen molar-refractivity contribution in [2.75, 3.05) is 32.8 Å². The number of hydrogen-bond donors (Lipinski definition) is 2. The summed E-state index contributed by atoms with van der Waals surface area (Å²) in [5.41, 5.74) is 2.99. The molecule has 6 nitrogen and oxygen atoms in total. The summed E-state index contributed by atoms with van der Waals surface area (Å²) in [6, 6.07) is 5.66. The van der Waals surface area contributed by atoms with E-state index < -0.39 is 0 Å². The normalized spacial score (nSPS) is 17.4. The number of benzene rings is 1. The van der Waals surface area contributed by atoms with Crippen molar-refractivity contribution in [3.63, 3.8) is 0 Å². The number of morpholine rings is 1. The van der Waals surface area contributed by atoms with Crippen molar-refractivity contribution >= 4 is 11.8 Å². The van der Waals surface area contributed by atoms with Crippen LogP contribution in [0.25, 0.3) is 0 Å². The minimum atomic E-state index is -0.202. The molecule has 2 amide bonds. The van der Waals surface area contributed by atoms with Crippen LogP contribution in [0.5, 0.6) is 0 Å². The zero-order valence-electron chi connectivity index (χ0n) is 11.9. The molecule has 2 heterocycles. The summed E-state index contributed by atoms with van der Waals surface area (Å²) in [5, 5.41) is 5.94. The second-order valence-corrected chi connectivity index (χ2v) is 5.26. The van der Waals surface area contributed by atoms with Gasteiger partial charge in [0, 0.05) is 31.7 Å². The molecule has 0 spiro atoms. The topological polar surface area (TPSA) is 70.7 Å². The molecule has 21 heavy (non-hydrogen) atoms. The Morgan fingerprint density at radius 1 is 1.19 bits per heavy atom. The molecule has 112 valence electrons. The van der Waals surface area contributed by atoms with E-state index in [1.807, 2.05) is 12.1 Å². The molecule has 2 aliphatic heterocycles. The van der Waals surface area contributed by atoms with Gasteiger partial charge in [-0.1, -0.05) is 6.07 Å². The van der Waals surface area contributed by atoms with Gasteiger partial charge in [-0.15, -0.1) is 0 Å². The fourth-order valence-corrected chi connectivity index (χ4v) is 2.62. The lowest BCUT2D eigenvalue weighted by Gasteiger charge is -2.26. The molecular formula is C15H19N3O3. The third-order valence-corrected chi connectivity index (χ3v) is 3.86. The first-order valence-corrected chi connectivity index (χ1v) is 7.20. The van der Waals surface area contributed by atoms with Crippen molar-refractivity contribution < 1.29 is 14.3 Å². The standard InChI is InChI=1S/C15H19N3O3/c19-14(18-3-5-21-6-4-18)10-17-15(20)11-1-2-12-8-16-9-13(12)7-11/h1-2,7,16H,3-6,8-10H2,(H,17,20). The van der Waals surface area contributed by atoms with Crippen molar-refractivity contribution in [1.82, 2.24) is 15.5 Å². The smallest absolute Gasteiger partial charge is 0.251 e. The molecular weight excluding hydrogens is 270 g/mol. The van der Waals surface area contributed by atoms with Gasteiger partial charge in [0.05, 0.1) is 19.8 Å². The summed E-state index contributed by atoms with van der Waals surface area (Å²) >= 11 is 0. The molecule has 1 aromatic carbocycles. The number of nitrogens with zero attached hydrogens (tertiary/aromatic N) is 1. The number of ether oxygens (including phenoxy) is 1. The Morgan fingerprint density at radius 3 is 2.76 bits per heavy atom. The molecule has 0 aliphatic carbocycles. The zero-order valence-corrected chi connectivity index (χ0v) is 11.9. The minimum Gasteiger partial charge on any atom is -0.378 e. The van der Waals surface area contributed by atoms with Gasteiger partial charge in [-0.2, -0.15) is 0 Å². The maximum Gasteiger partial charge on any atom is 0.251 e. The van der Waals surface area contributed by atoms with Crippen LogP contribution in [0, 0.1) is 0 Å². The summed E-state index contributed by atoms with van der Waals surface area (Å²) in [7, 11) is 0. The Labute approximate surface area is 123 Å². The lowest BCUT2D eigenvalue weighted by molar-refractivity contribution is -0.134. The van der Waals surface area contributed by atoms with Gasteiger partial charge in [-0.25, -0.2) is 0 Å². The molecule has 1 saturated heterocycles. The molecule has 0 atom stereocenters. The number of amides is 2. The monoisotopic (exact) mass is 289 g/mol. The van der Waals surface area contributed by atoms with Crippen LogP contribution >= 0.6 is 0 Å². The lowest BCUT2D eigenvalue weighted by Crippen LogP contribution is -2.45. The number of carbonyl (C=O) groups is 2. The summed E-state index contributed by atoms with van der Waals surface area (Å²) in [5.74, 6) is -0.263. The van der Waals surface area contributed by atoms with Gasteiger partial charge in [-0.3, -0.25) is 9.59 Å². The highest BCUT2D eigenvalue weighted by molar-refractivity contribution is 5.96. The minimum absolute atomic E-state index is 0.0359. The summed E-state index contributed by atoms with van der Waals surface area (Å²) < 4.78 is 5.20. The largest absolute Gasteiger partial charge is 0.378 e. The molecule has 2 aliphatic rings. The molecule has 2 N–H and O–H groups in total. The van der Waals surface area contributed by atoms with Crippen molar-refractivity contribution in [2.24, 2.45) is 0 Å². The number of fused-ring (bicyclic) bond motifs is 1. The molecule has 6 heteroatoms. The highest BCUT2D eigenvalue weighted by Crippen LogP contribution is 2.16. The average Bonchev–Trinajstić information content (AvgIpc) is 3.00. The van der Waals surface area contributed by atoms with E-state index in [0.717, 1.165) is 18.7 Å². The van der Waals surface area contributed by atoms with Crippen LogP contribution in [-0.4, -0.2) is 49.6 Å². The Kier molecular flexibility index (Phi) is 4.17. The average molecular weight is 289 g/mol. The van der Waals surface area contributed by atoms with Gasteiger partial charge in [0.1, 0.15) is 0 Å². The SMILES string of the molecule is O=C(NCC(=O)N1CCOCC1)c1ccc2c(c1)CNC2. The number of hydrogen-bond acceptors (Lipinski definition) is 4. The maximum atomic E-state index is 12.1. The maximum absolute atomic E-state index is 12.1. The summed E-state index contributed by atoms with van der Waals surface area (Å²) in [4.78, 5) is 25.8. The Balaban J connectivity index is 1.55. The van der Waals surface area contributed by atoms with Gasteiger partial charge >= 0.3 is 0 Å². The van der Waals surface area contributed by atoms with E-state index in [4.69, 9.17) is 4.74 Å². The number of nitrogens with one attached hydrogen (secondary N) is 2. The Bertz CT molecular complexity index is 553. The van der Waals surface area contributed by atoms with Crippen LogP contribution in [0.3, 0.4) is 0 Å². The van der Waals surface area contributed by atoms with Gasteiger partial charge in [0.25, 0.3) is 5.91 Å². The van der Waals surface area contributed by atoms with Crippen molar-refractivity contribution in [3.05, 3.63) is 34.9 Å². The zero-order chi connectivity index (χ0) is 14.7. The first-order valence-electron chi connectivity index (χ1n) is 7.20. The Hall–Kier alpha value is -1.92. The van der Waals surface area contributed by atoms with E-state index in [9.17, 15) is 9.59 Å². The Morgan fingerprint density at radius 2 is 1.95 bits per heavy atom. The first kappa shape index (κ1) is 14.0. The molecule has 3 rings (SSSR count). The van der Waals surface area contributed by atoms with Crippen LogP contribution in [0.2, 0.25) is 0 Å². The van der Waals surface area contributed by atoms with Crippen LogP contribution < -0.4 is 10.6 Å². The quantitative estimate of drug-likeness (QED) is 0.814. The number of rotatable bonds is 3. The molecule has 1 aromatic rings. The summed E-state index contributed by atoms with van der Waals surface area (Å²) in [6.45, 7) is 4.01. The predicted octanol–water partition coefficient (Wildman–Crippen LogP) is -0.122. The fourth-order valence-electron chi connectivity index (χ4n) is 2.62. The molecule has 0 radical (unpaired) electrons. The van der Waals surface area contributed by atoms with Crippen molar-refractivity contribution in [1.29, 1.82) is 0 Å². The molecule has 0 saturated carbocycles. The highest BCUT2D eigenvalue weighted by atomic mass is 16.5. The van der Waals surface area contributed by atoms with Crippen molar-refractivity contribution in [2.45, 2.75) is 13.1 Å². The van der Waals surface area contributed by atoms with E-state index in [1.165, 1.54) is 5.56 Å². The third-order valence-electron chi connectivity index (χ3n) is 3.86. The second kappa shape index (κ2) is 6.24. The third kappa shape index (κ3) is 3.22. The van der Waals surface area contributed by atoms with E-state index in [-0.39, 0.29) is 18.4 Å². The van der Waals surface area contributed by atoms with Gasteiger partial charge in [-0.05, 0) is 23.3 Å². The number of carbonyl (C=O) groups excluding carboxylic acids is 2. The van der Waals surface area contributed by atoms with Crippen LogP contribution in [-0.2, 0) is 22.6 Å². The van der Waals surface area contributed by atoms with Crippen LogP contribution in [0.15, 0.2) is 18.2 Å². The molecule has 0 bridgehead atoms. The molecule has 1 fully saturated rings. The van der Waals surface area contributed by atoms with E-state index in [2.05, 4.69) is 10.6 Å². The fraction of sp³-hybridized carbons (Fsp3) is 0.467. The summed E-state index contributed by atoms with van der Waals surface area (Å²) in [6.07, 6.45) is 0. The van der Waals surface area contributed by atoms with E-state index in [0.29, 0.717) is 31.9 Å². The first-order chi connectivity index (χ1) is 10.2. The van der Waals surface area contributed by atoms with E-state index >= 15 is 0 Å². The van der Waals surface area contributed by atoms with Gasteiger partial charge < -0.3 is 20.3 Å². The van der Waals surface area contributed by atoms with Gasteiger partial charge in [0.15, 0.2) is 0 Å². The van der Waals surface area contributed by atoms with Crippen LogP contribution in [0.1, 0.15) is 21.5 Å². The molecule has 0 aromatic heterocycles. The van der Waals surface area contributed by atoms with Gasteiger partial charge in [0.2, 0.25) is 5.91 Å². The molecule has 0 unspecified atom stereocenters. The van der Waals surface area contributed by atoms with E-state index in [1.54, 1.807) is 11.0 Å². The highest BCUT2D eigenvalue weighted by Gasteiger charge is 2.18. The van der Waals surface area contributed by atoms with Crippen molar-refractivity contribution in [3.8, 4) is 0 Å². The second-order valence-electron chi connectivity index (χ2n) is 5.26.